The number of carbonyl (C=O) groups excluding carboxylic acids is 1. The molecule has 4 nitrogen and oxygen atoms in total. The van der Waals surface area contributed by atoms with Crippen molar-refractivity contribution in [1.82, 2.24) is 4.90 Å². The fourth-order valence-electron chi connectivity index (χ4n) is 2.44. The zero-order valence-electron chi connectivity index (χ0n) is 14.2. The van der Waals surface area contributed by atoms with Gasteiger partial charge in [0.1, 0.15) is 12.4 Å². The third kappa shape index (κ3) is 5.82. The molecule has 0 aliphatic heterocycles. The highest BCUT2D eigenvalue weighted by atomic mass is 16.5. The summed E-state index contributed by atoms with van der Waals surface area (Å²) in [5, 5.41) is 8.86. The van der Waals surface area contributed by atoms with Crippen LogP contribution in [0, 0.1) is 11.3 Å². The summed E-state index contributed by atoms with van der Waals surface area (Å²) in [5.41, 5.74) is 1.77. The van der Waals surface area contributed by atoms with E-state index >= 15 is 0 Å². The number of carbonyl (C=O) groups is 1. The number of ether oxygens (including phenoxy) is 1. The highest BCUT2D eigenvalue weighted by Crippen LogP contribution is 2.14. The van der Waals surface area contributed by atoms with Crippen LogP contribution in [0.2, 0.25) is 0 Å². The Kier molecular flexibility index (Phi) is 7.27. The Balaban J connectivity index is 2.03. The molecule has 0 radical (unpaired) electrons. The molecule has 2 rings (SSSR count). The fraction of sp³-hybridized carbons (Fsp3) is 0.238. The van der Waals surface area contributed by atoms with Gasteiger partial charge in [0.15, 0.2) is 0 Å². The van der Waals surface area contributed by atoms with Crippen molar-refractivity contribution in [2.75, 3.05) is 19.7 Å². The Labute approximate surface area is 149 Å². The Morgan fingerprint density at radius 1 is 1.12 bits per heavy atom. The van der Waals surface area contributed by atoms with E-state index < -0.39 is 0 Å². The van der Waals surface area contributed by atoms with Crippen LogP contribution in [-0.4, -0.2) is 30.5 Å². The highest BCUT2D eigenvalue weighted by Gasteiger charge is 2.15. The lowest BCUT2D eigenvalue weighted by Gasteiger charge is -2.22. The van der Waals surface area contributed by atoms with Crippen molar-refractivity contribution in [2.45, 2.75) is 12.8 Å². The minimum absolute atomic E-state index is 0.0681. The Morgan fingerprint density at radius 2 is 1.84 bits per heavy atom. The van der Waals surface area contributed by atoms with Gasteiger partial charge in [-0.1, -0.05) is 43.0 Å². The molecular formula is C21H22N2O2. The van der Waals surface area contributed by atoms with Gasteiger partial charge in [0.2, 0.25) is 0 Å². The summed E-state index contributed by atoms with van der Waals surface area (Å²) < 4.78 is 5.43. The van der Waals surface area contributed by atoms with Gasteiger partial charge < -0.3 is 9.64 Å². The van der Waals surface area contributed by atoms with E-state index in [2.05, 4.69) is 12.6 Å². The van der Waals surface area contributed by atoms with Crippen LogP contribution in [0.1, 0.15) is 22.3 Å². The normalized spacial score (nSPS) is 9.88. The topological polar surface area (TPSA) is 53.3 Å². The molecule has 0 N–H and O–H groups in total. The van der Waals surface area contributed by atoms with Crippen LogP contribution in [0.5, 0.6) is 5.75 Å². The number of nitriles is 1. The van der Waals surface area contributed by atoms with Gasteiger partial charge in [-0.3, -0.25) is 4.79 Å². The summed E-state index contributed by atoms with van der Waals surface area (Å²) in [6.07, 6.45) is 2.76. The minimum Gasteiger partial charge on any atom is -0.490 e. The largest absolute Gasteiger partial charge is 0.490 e. The molecule has 4 heteroatoms. The van der Waals surface area contributed by atoms with Gasteiger partial charge in [0, 0.05) is 18.7 Å². The molecule has 0 fully saturated rings. The summed E-state index contributed by atoms with van der Waals surface area (Å²) in [6.45, 7) is 5.05. The van der Waals surface area contributed by atoms with Crippen molar-refractivity contribution in [3.8, 4) is 11.8 Å². The van der Waals surface area contributed by atoms with Crippen LogP contribution in [0.25, 0.3) is 0 Å². The molecule has 0 unspecified atom stereocenters. The van der Waals surface area contributed by atoms with Crippen LogP contribution in [0.4, 0.5) is 0 Å². The fourth-order valence-corrected chi connectivity index (χ4v) is 2.44. The summed E-state index contributed by atoms with van der Waals surface area (Å²) in [7, 11) is 0. The van der Waals surface area contributed by atoms with E-state index in [4.69, 9.17) is 10.00 Å². The van der Waals surface area contributed by atoms with E-state index in [1.165, 1.54) is 5.56 Å². The molecule has 0 aromatic heterocycles. The number of benzene rings is 2. The highest BCUT2D eigenvalue weighted by molar-refractivity contribution is 5.94. The minimum atomic E-state index is -0.0681. The maximum Gasteiger partial charge on any atom is 0.253 e. The summed E-state index contributed by atoms with van der Waals surface area (Å²) >= 11 is 0. The summed E-state index contributed by atoms with van der Waals surface area (Å²) in [5.74, 6) is 0.630. The van der Waals surface area contributed by atoms with Gasteiger partial charge in [-0.25, -0.2) is 0 Å². The van der Waals surface area contributed by atoms with Crippen molar-refractivity contribution < 1.29 is 9.53 Å². The van der Waals surface area contributed by atoms with Crippen LogP contribution in [-0.2, 0) is 6.42 Å². The van der Waals surface area contributed by atoms with Gasteiger partial charge in [0.25, 0.3) is 5.91 Å². The average molecular weight is 334 g/mol. The lowest BCUT2D eigenvalue weighted by atomic mass is 10.1. The van der Waals surface area contributed by atoms with Crippen molar-refractivity contribution in [1.29, 1.82) is 5.26 Å². The maximum atomic E-state index is 12.8. The standard InChI is InChI=1S/C21H22N2O2/c1-2-17-25-20-11-9-19(10-12-20)21(24)23(15-6-14-22)16-13-18-7-4-3-5-8-18/h2-5,7-12H,1,6,13,15-17H2. The number of rotatable bonds is 9. The Bertz CT molecular complexity index is 718. The second kappa shape index (κ2) is 9.94. The maximum absolute atomic E-state index is 12.8. The molecule has 2 aromatic rings. The predicted octanol–water partition coefficient (Wildman–Crippen LogP) is 3.85. The lowest BCUT2D eigenvalue weighted by Crippen LogP contribution is -2.33. The van der Waals surface area contributed by atoms with Crippen molar-refractivity contribution in [3.05, 3.63) is 78.4 Å². The molecule has 2 aromatic carbocycles. The Morgan fingerprint density at radius 3 is 2.48 bits per heavy atom. The molecule has 128 valence electrons. The van der Waals surface area contributed by atoms with Crippen LogP contribution >= 0.6 is 0 Å². The molecule has 25 heavy (non-hydrogen) atoms. The lowest BCUT2D eigenvalue weighted by molar-refractivity contribution is 0.0761. The molecule has 0 saturated heterocycles. The molecule has 0 atom stereocenters. The first-order valence-electron chi connectivity index (χ1n) is 8.28. The molecule has 1 amide bonds. The van der Waals surface area contributed by atoms with E-state index in [-0.39, 0.29) is 5.91 Å². The van der Waals surface area contributed by atoms with Crippen LogP contribution in [0.15, 0.2) is 67.3 Å². The number of hydrogen-bond acceptors (Lipinski definition) is 3. The quantitative estimate of drug-likeness (QED) is 0.655. The summed E-state index contributed by atoms with van der Waals surface area (Å²) in [6, 6.07) is 19.2. The van der Waals surface area contributed by atoms with Crippen molar-refractivity contribution >= 4 is 5.91 Å². The first-order chi connectivity index (χ1) is 12.2. The van der Waals surface area contributed by atoms with Crippen molar-refractivity contribution in [2.24, 2.45) is 0 Å². The molecule has 0 bridgehead atoms. The van der Waals surface area contributed by atoms with E-state index in [0.29, 0.717) is 37.4 Å². The molecule has 0 aliphatic carbocycles. The van der Waals surface area contributed by atoms with E-state index in [1.807, 2.05) is 30.3 Å². The monoisotopic (exact) mass is 334 g/mol. The second-order valence-corrected chi connectivity index (χ2v) is 5.56. The van der Waals surface area contributed by atoms with Crippen LogP contribution in [0.3, 0.4) is 0 Å². The van der Waals surface area contributed by atoms with Gasteiger partial charge in [-0.2, -0.15) is 5.26 Å². The Hall–Kier alpha value is -3.06. The van der Waals surface area contributed by atoms with E-state index in [9.17, 15) is 4.79 Å². The number of hydrogen-bond donors (Lipinski definition) is 0. The second-order valence-electron chi connectivity index (χ2n) is 5.56. The molecule has 0 aliphatic rings. The molecule has 0 heterocycles. The number of nitrogens with zero attached hydrogens (tertiary/aromatic N) is 2. The molecular weight excluding hydrogens is 312 g/mol. The average Bonchev–Trinajstić information content (AvgIpc) is 2.67. The molecule has 0 saturated carbocycles. The van der Waals surface area contributed by atoms with Gasteiger partial charge in [-0.05, 0) is 36.2 Å². The van der Waals surface area contributed by atoms with E-state index in [0.717, 1.165) is 6.42 Å². The van der Waals surface area contributed by atoms with Gasteiger partial charge in [-0.15, -0.1) is 0 Å². The van der Waals surface area contributed by atoms with Gasteiger partial charge >= 0.3 is 0 Å². The summed E-state index contributed by atoms with van der Waals surface area (Å²) in [4.78, 5) is 14.5. The first kappa shape index (κ1) is 18.3. The smallest absolute Gasteiger partial charge is 0.253 e. The third-order valence-electron chi connectivity index (χ3n) is 3.76. The molecule has 0 spiro atoms. The van der Waals surface area contributed by atoms with Gasteiger partial charge in [0.05, 0.1) is 12.5 Å². The van der Waals surface area contributed by atoms with Crippen LogP contribution < -0.4 is 4.74 Å². The van der Waals surface area contributed by atoms with E-state index in [1.54, 1.807) is 35.2 Å². The SMILES string of the molecule is C=CCOc1ccc(C(=O)N(CCC#N)CCc2ccccc2)cc1. The zero-order chi connectivity index (χ0) is 17.9. The first-order valence-corrected chi connectivity index (χ1v) is 8.28. The predicted molar refractivity (Wildman–Crippen MR) is 98.4 cm³/mol. The zero-order valence-corrected chi connectivity index (χ0v) is 14.2. The number of amides is 1. The third-order valence-corrected chi connectivity index (χ3v) is 3.76. The van der Waals surface area contributed by atoms with Crippen molar-refractivity contribution in [3.63, 3.8) is 0 Å².